The highest BCUT2D eigenvalue weighted by atomic mass is 19.4. The standard InChI is InChI=1S/C20H20F3N5O/c1-13(18-25-16-5-3-2-4-15(16)19(29)26-18)27-8-10-28(11-9-27)17-7-6-14(12-24-17)20(21,22)23/h2-7,12-13H,8-11H2,1H3,(H,25,26,29)/t13-/m0/s1. The molecule has 1 atom stereocenters. The molecule has 152 valence electrons. The highest BCUT2D eigenvalue weighted by Gasteiger charge is 2.31. The summed E-state index contributed by atoms with van der Waals surface area (Å²) < 4.78 is 38.1. The van der Waals surface area contributed by atoms with Crippen LogP contribution in [0.25, 0.3) is 10.9 Å². The minimum atomic E-state index is -4.39. The van der Waals surface area contributed by atoms with Gasteiger partial charge in [0.05, 0.1) is 22.5 Å². The first-order chi connectivity index (χ1) is 13.8. The molecule has 0 unspecified atom stereocenters. The summed E-state index contributed by atoms with van der Waals surface area (Å²) >= 11 is 0. The smallest absolute Gasteiger partial charge is 0.354 e. The van der Waals surface area contributed by atoms with Crippen molar-refractivity contribution in [3.05, 3.63) is 64.3 Å². The first-order valence-corrected chi connectivity index (χ1v) is 9.34. The normalized spacial score (nSPS) is 16.9. The average molecular weight is 403 g/mol. The van der Waals surface area contributed by atoms with E-state index in [-0.39, 0.29) is 11.6 Å². The molecule has 2 aromatic heterocycles. The summed E-state index contributed by atoms with van der Waals surface area (Å²) in [5.41, 5.74) is -0.254. The van der Waals surface area contributed by atoms with Crippen LogP contribution < -0.4 is 10.5 Å². The molecule has 0 bridgehead atoms. The number of hydrogen-bond donors (Lipinski definition) is 1. The lowest BCUT2D eigenvalue weighted by Crippen LogP contribution is -2.47. The Morgan fingerprint density at radius 1 is 1.07 bits per heavy atom. The van der Waals surface area contributed by atoms with Crippen LogP contribution in [-0.2, 0) is 6.18 Å². The third-order valence-electron chi connectivity index (χ3n) is 5.29. The molecule has 1 aromatic carbocycles. The van der Waals surface area contributed by atoms with Crippen molar-refractivity contribution in [2.24, 2.45) is 0 Å². The van der Waals surface area contributed by atoms with Crippen molar-refractivity contribution in [3.8, 4) is 0 Å². The summed E-state index contributed by atoms with van der Waals surface area (Å²) in [6, 6.07) is 9.58. The van der Waals surface area contributed by atoms with Gasteiger partial charge in [-0.15, -0.1) is 0 Å². The number of alkyl halides is 3. The summed E-state index contributed by atoms with van der Waals surface area (Å²) in [7, 11) is 0. The number of benzene rings is 1. The third-order valence-corrected chi connectivity index (χ3v) is 5.29. The quantitative estimate of drug-likeness (QED) is 0.728. The minimum Gasteiger partial charge on any atom is -0.354 e. The van der Waals surface area contributed by atoms with Gasteiger partial charge in [0.2, 0.25) is 0 Å². The number of fused-ring (bicyclic) bond motifs is 1. The molecule has 1 aliphatic rings. The fraction of sp³-hybridized carbons (Fsp3) is 0.350. The Morgan fingerprint density at radius 3 is 2.45 bits per heavy atom. The Bertz CT molecular complexity index is 1060. The number of hydrogen-bond acceptors (Lipinski definition) is 5. The van der Waals surface area contributed by atoms with Crippen molar-refractivity contribution < 1.29 is 13.2 Å². The Balaban J connectivity index is 1.45. The van der Waals surface area contributed by atoms with Crippen molar-refractivity contribution >= 4 is 16.7 Å². The number of piperazine rings is 1. The van der Waals surface area contributed by atoms with E-state index in [1.54, 1.807) is 12.1 Å². The van der Waals surface area contributed by atoms with Gasteiger partial charge in [-0.3, -0.25) is 9.69 Å². The van der Waals surface area contributed by atoms with Gasteiger partial charge in [0.15, 0.2) is 0 Å². The van der Waals surface area contributed by atoms with E-state index in [1.807, 2.05) is 24.0 Å². The first kappa shape index (κ1) is 19.4. The van der Waals surface area contributed by atoms with E-state index in [0.29, 0.717) is 48.7 Å². The number of nitrogens with one attached hydrogen (secondary N) is 1. The molecule has 0 aliphatic carbocycles. The molecule has 4 rings (SSSR count). The number of nitrogens with zero attached hydrogens (tertiary/aromatic N) is 4. The maximum absolute atomic E-state index is 12.7. The summed E-state index contributed by atoms with van der Waals surface area (Å²) in [5, 5.41) is 0.557. The van der Waals surface area contributed by atoms with Gasteiger partial charge >= 0.3 is 6.18 Å². The van der Waals surface area contributed by atoms with Crippen molar-refractivity contribution in [2.45, 2.75) is 19.1 Å². The number of H-pyrrole nitrogens is 1. The summed E-state index contributed by atoms with van der Waals surface area (Å²) in [5.74, 6) is 1.14. The molecule has 3 aromatic rings. The molecular formula is C20H20F3N5O. The van der Waals surface area contributed by atoms with Gasteiger partial charge in [0.1, 0.15) is 11.6 Å². The molecule has 9 heteroatoms. The van der Waals surface area contributed by atoms with Crippen LogP contribution in [0.2, 0.25) is 0 Å². The second kappa shape index (κ2) is 7.47. The van der Waals surface area contributed by atoms with E-state index in [9.17, 15) is 18.0 Å². The minimum absolute atomic E-state index is 0.0879. The lowest BCUT2D eigenvalue weighted by molar-refractivity contribution is -0.137. The van der Waals surface area contributed by atoms with Gasteiger partial charge in [-0.25, -0.2) is 9.97 Å². The highest BCUT2D eigenvalue weighted by Crippen LogP contribution is 2.29. The molecule has 29 heavy (non-hydrogen) atoms. The summed E-state index contributed by atoms with van der Waals surface area (Å²) in [4.78, 5) is 27.9. The lowest BCUT2D eigenvalue weighted by Gasteiger charge is -2.38. The molecule has 1 N–H and O–H groups in total. The molecule has 0 saturated carbocycles. The van der Waals surface area contributed by atoms with Gasteiger partial charge in [0, 0.05) is 32.4 Å². The van der Waals surface area contributed by atoms with Crippen molar-refractivity contribution in [2.75, 3.05) is 31.1 Å². The van der Waals surface area contributed by atoms with Crippen LogP contribution in [0.3, 0.4) is 0 Å². The highest BCUT2D eigenvalue weighted by molar-refractivity contribution is 5.77. The van der Waals surface area contributed by atoms with Crippen molar-refractivity contribution in [1.29, 1.82) is 0 Å². The van der Waals surface area contributed by atoms with Crippen LogP contribution in [0.1, 0.15) is 24.4 Å². The fourth-order valence-electron chi connectivity index (χ4n) is 3.55. The Hall–Kier alpha value is -2.94. The van der Waals surface area contributed by atoms with Crippen molar-refractivity contribution in [3.63, 3.8) is 0 Å². The SMILES string of the molecule is C[C@@H](c1nc2ccccc2c(=O)[nH]1)N1CCN(c2ccc(C(F)(F)F)cn2)CC1. The van der Waals surface area contributed by atoms with Gasteiger partial charge in [0.25, 0.3) is 5.56 Å². The van der Waals surface area contributed by atoms with Crippen LogP contribution in [-0.4, -0.2) is 46.0 Å². The molecular weight excluding hydrogens is 383 g/mol. The third kappa shape index (κ3) is 3.95. The van der Waals surface area contributed by atoms with Gasteiger partial charge in [-0.2, -0.15) is 13.2 Å². The maximum atomic E-state index is 12.7. The molecule has 0 spiro atoms. The van der Waals surface area contributed by atoms with E-state index in [0.717, 1.165) is 12.3 Å². The maximum Gasteiger partial charge on any atom is 0.417 e. The number of anilines is 1. The molecule has 0 radical (unpaired) electrons. The number of rotatable bonds is 3. The molecule has 1 aliphatic heterocycles. The van der Waals surface area contributed by atoms with Crippen molar-refractivity contribution in [1.82, 2.24) is 19.9 Å². The van der Waals surface area contributed by atoms with Crippen LogP contribution in [0.4, 0.5) is 19.0 Å². The van der Waals surface area contributed by atoms with E-state index in [1.165, 1.54) is 6.07 Å². The first-order valence-electron chi connectivity index (χ1n) is 9.34. The van der Waals surface area contributed by atoms with E-state index in [4.69, 9.17) is 0 Å². The molecule has 1 saturated heterocycles. The van der Waals surface area contributed by atoms with Gasteiger partial charge in [-0.1, -0.05) is 12.1 Å². The van der Waals surface area contributed by atoms with E-state index < -0.39 is 11.7 Å². The van der Waals surface area contributed by atoms with Crippen LogP contribution in [0.5, 0.6) is 0 Å². The zero-order chi connectivity index (χ0) is 20.6. The van der Waals surface area contributed by atoms with E-state index >= 15 is 0 Å². The lowest BCUT2D eigenvalue weighted by atomic mass is 10.2. The zero-order valence-corrected chi connectivity index (χ0v) is 15.8. The van der Waals surface area contributed by atoms with Gasteiger partial charge < -0.3 is 9.88 Å². The number of pyridine rings is 1. The average Bonchev–Trinajstić information content (AvgIpc) is 2.73. The topological polar surface area (TPSA) is 65.1 Å². The number of aromatic amines is 1. The Labute approximate surface area is 165 Å². The number of para-hydroxylation sites is 1. The van der Waals surface area contributed by atoms with Gasteiger partial charge in [-0.05, 0) is 31.2 Å². The van der Waals surface area contributed by atoms with E-state index in [2.05, 4.69) is 19.9 Å². The number of halogens is 3. The largest absolute Gasteiger partial charge is 0.417 e. The second-order valence-electron chi connectivity index (χ2n) is 7.07. The second-order valence-corrected chi connectivity index (χ2v) is 7.07. The molecule has 3 heterocycles. The van der Waals surface area contributed by atoms with Crippen LogP contribution in [0.15, 0.2) is 47.4 Å². The number of aromatic nitrogens is 3. The van der Waals surface area contributed by atoms with Crippen LogP contribution >= 0.6 is 0 Å². The molecule has 1 fully saturated rings. The fourth-order valence-corrected chi connectivity index (χ4v) is 3.55. The zero-order valence-electron chi connectivity index (χ0n) is 15.8. The molecule has 6 nitrogen and oxygen atoms in total. The Morgan fingerprint density at radius 2 is 1.79 bits per heavy atom. The van der Waals surface area contributed by atoms with Crippen LogP contribution in [0, 0.1) is 0 Å². The Kier molecular flexibility index (Phi) is 4.99. The monoisotopic (exact) mass is 403 g/mol. The summed E-state index contributed by atoms with van der Waals surface area (Å²) in [6.45, 7) is 4.60. The molecule has 0 amide bonds. The predicted octanol–water partition coefficient (Wildman–Crippen LogP) is 3.22. The predicted molar refractivity (Wildman–Crippen MR) is 104 cm³/mol. The summed E-state index contributed by atoms with van der Waals surface area (Å²) in [6.07, 6.45) is -3.52.